The zero-order chi connectivity index (χ0) is 15.5. The van der Waals surface area contributed by atoms with Crippen molar-refractivity contribution in [3.8, 4) is 0 Å². The van der Waals surface area contributed by atoms with Gasteiger partial charge in [0, 0.05) is 6.04 Å². The van der Waals surface area contributed by atoms with E-state index < -0.39 is 29.0 Å². The SMILES string of the molecule is CCC(C)C(C)NC(=O)c1cccc(C(F)(F)F)c1F. The minimum atomic E-state index is -4.82. The Kier molecular flexibility index (Phi) is 5.14. The van der Waals surface area contributed by atoms with Crippen LogP contribution in [0.4, 0.5) is 17.6 Å². The first-order valence-corrected chi connectivity index (χ1v) is 6.35. The fourth-order valence-electron chi connectivity index (χ4n) is 1.71. The molecular formula is C14H17F4NO. The normalized spacial score (nSPS) is 14.8. The molecular weight excluding hydrogens is 274 g/mol. The molecule has 0 aliphatic heterocycles. The molecule has 0 radical (unpaired) electrons. The van der Waals surface area contributed by atoms with Crippen LogP contribution in [0.3, 0.4) is 0 Å². The highest BCUT2D eigenvalue weighted by molar-refractivity contribution is 5.94. The lowest BCUT2D eigenvalue weighted by atomic mass is 10.00. The number of alkyl halides is 3. The Hall–Kier alpha value is -1.59. The van der Waals surface area contributed by atoms with Gasteiger partial charge in [0.2, 0.25) is 0 Å². The van der Waals surface area contributed by atoms with Crippen LogP contribution in [0.2, 0.25) is 0 Å². The lowest BCUT2D eigenvalue weighted by Crippen LogP contribution is -2.37. The van der Waals surface area contributed by atoms with Crippen molar-refractivity contribution in [2.24, 2.45) is 5.92 Å². The second-order valence-electron chi connectivity index (χ2n) is 4.81. The fourth-order valence-corrected chi connectivity index (χ4v) is 1.71. The van der Waals surface area contributed by atoms with Gasteiger partial charge in [-0.05, 0) is 25.0 Å². The maximum absolute atomic E-state index is 13.8. The fraction of sp³-hybridized carbons (Fsp3) is 0.500. The predicted octanol–water partition coefficient (Wildman–Crippen LogP) is 4.01. The molecule has 2 unspecified atom stereocenters. The van der Waals surface area contributed by atoms with Gasteiger partial charge < -0.3 is 5.32 Å². The monoisotopic (exact) mass is 291 g/mol. The van der Waals surface area contributed by atoms with Gasteiger partial charge in [0.1, 0.15) is 5.82 Å². The molecule has 0 saturated heterocycles. The summed E-state index contributed by atoms with van der Waals surface area (Å²) in [6.07, 6.45) is -4.02. The second-order valence-corrected chi connectivity index (χ2v) is 4.81. The molecule has 0 aliphatic rings. The summed E-state index contributed by atoms with van der Waals surface area (Å²) in [6, 6.07) is 2.43. The van der Waals surface area contributed by atoms with Crippen molar-refractivity contribution in [3.63, 3.8) is 0 Å². The number of hydrogen-bond donors (Lipinski definition) is 1. The van der Waals surface area contributed by atoms with Crippen LogP contribution >= 0.6 is 0 Å². The Morgan fingerprint density at radius 2 is 1.90 bits per heavy atom. The average molecular weight is 291 g/mol. The number of amides is 1. The van der Waals surface area contributed by atoms with Gasteiger partial charge >= 0.3 is 6.18 Å². The molecule has 0 saturated carbocycles. The van der Waals surface area contributed by atoms with Gasteiger partial charge in [-0.1, -0.05) is 26.3 Å². The van der Waals surface area contributed by atoms with E-state index in [1.54, 1.807) is 6.92 Å². The number of halogens is 4. The minimum Gasteiger partial charge on any atom is -0.349 e. The van der Waals surface area contributed by atoms with E-state index in [1.165, 1.54) is 0 Å². The Labute approximate surface area is 115 Å². The van der Waals surface area contributed by atoms with E-state index in [0.717, 1.165) is 18.6 Å². The molecule has 20 heavy (non-hydrogen) atoms. The second kappa shape index (κ2) is 6.24. The van der Waals surface area contributed by atoms with Crippen molar-refractivity contribution < 1.29 is 22.4 Å². The van der Waals surface area contributed by atoms with Crippen molar-refractivity contribution in [1.29, 1.82) is 0 Å². The van der Waals surface area contributed by atoms with Crippen molar-refractivity contribution >= 4 is 5.91 Å². The van der Waals surface area contributed by atoms with E-state index in [4.69, 9.17) is 0 Å². The highest BCUT2D eigenvalue weighted by atomic mass is 19.4. The highest BCUT2D eigenvalue weighted by Gasteiger charge is 2.35. The first kappa shape index (κ1) is 16.5. The van der Waals surface area contributed by atoms with Gasteiger partial charge in [0.05, 0.1) is 11.1 Å². The third-order valence-electron chi connectivity index (χ3n) is 3.41. The molecule has 0 bridgehead atoms. The molecule has 1 aromatic rings. The Bertz CT molecular complexity index is 485. The smallest absolute Gasteiger partial charge is 0.349 e. The van der Waals surface area contributed by atoms with Crippen molar-refractivity contribution in [3.05, 3.63) is 35.1 Å². The molecule has 0 heterocycles. The van der Waals surface area contributed by atoms with E-state index in [-0.39, 0.29) is 12.0 Å². The third-order valence-corrected chi connectivity index (χ3v) is 3.41. The van der Waals surface area contributed by atoms with Crippen LogP contribution in [0.1, 0.15) is 43.1 Å². The summed E-state index contributed by atoms with van der Waals surface area (Å²) in [5.41, 5.74) is -2.02. The molecule has 2 nitrogen and oxygen atoms in total. The van der Waals surface area contributed by atoms with Gasteiger partial charge in [-0.25, -0.2) is 4.39 Å². The minimum absolute atomic E-state index is 0.146. The Morgan fingerprint density at radius 3 is 2.40 bits per heavy atom. The first-order chi connectivity index (χ1) is 9.18. The molecule has 1 amide bonds. The summed E-state index contributed by atoms with van der Waals surface area (Å²) in [4.78, 5) is 11.9. The van der Waals surface area contributed by atoms with Gasteiger partial charge in [0.25, 0.3) is 5.91 Å². The van der Waals surface area contributed by atoms with Gasteiger partial charge in [0.15, 0.2) is 0 Å². The van der Waals surface area contributed by atoms with Crippen LogP contribution in [0.5, 0.6) is 0 Å². The molecule has 0 fully saturated rings. The average Bonchev–Trinajstić information content (AvgIpc) is 2.36. The molecule has 6 heteroatoms. The quantitative estimate of drug-likeness (QED) is 0.834. The highest BCUT2D eigenvalue weighted by Crippen LogP contribution is 2.32. The van der Waals surface area contributed by atoms with Crippen molar-refractivity contribution in [2.75, 3.05) is 0 Å². The third kappa shape index (κ3) is 3.71. The molecule has 2 atom stereocenters. The summed E-state index contributed by atoms with van der Waals surface area (Å²) >= 11 is 0. The zero-order valence-electron chi connectivity index (χ0n) is 11.5. The summed E-state index contributed by atoms with van der Waals surface area (Å²) in [5, 5.41) is 2.52. The van der Waals surface area contributed by atoms with Crippen LogP contribution in [0.15, 0.2) is 18.2 Å². The van der Waals surface area contributed by atoms with Crippen LogP contribution in [0, 0.1) is 11.7 Å². The number of carbonyl (C=O) groups is 1. The number of nitrogens with one attached hydrogen (secondary N) is 1. The molecule has 0 aromatic heterocycles. The lowest BCUT2D eigenvalue weighted by molar-refractivity contribution is -0.140. The van der Waals surface area contributed by atoms with E-state index in [9.17, 15) is 22.4 Å². The van der Waals surface area contributed by atoms with Crippen LogP contribution in [-0.4, -0.2) is 11.9 Å². The molecule has 1 rings (SSSR count). The molecule has 112 valence electrons. The van der Waals surface area contributed by atoms with Gasteiger partial charge in [-0.3, -0.25) is 4.79 Å². The number of rotatable bonds is 4. The summed E-state index contributed by atoms with van der Waals surface area (Å²) in [6.45, 7) is 5.56. The maximum Gasteiger partial charge on any atom is 0.419 e. The number of hydrogen-bond acceptors (Lipinski definition) is 1. The first-order valence-electron chi connectivity index (χ1n) is 6.35. The summed E-state index contributed by atoms with van der Waals surface area (Å²) < 4.78 is 51.5. The van der Waals surface area contributed by atoms with Crippen molar-refractivity contribution in [2.45, 2.75) is 39.4 Å². The predicted molar refractivity (Wildman–Crippen MR) is 67.8 cm³/mol. The standard InChI is InChI=1S/C14H17F4NO/c1-4-8(2)9(3)19-13(20)10-6-5-7-11(12(10)15)14(16,17)18/h5-9H,4H2,1-3H3,(H,19,20). The largest absolute Gasteiger partial charge is 0.419 e. The Balaban J connectivity index is 3.01. The molecule has 1 aromatic carbocycles. The lowest BCUT2D eigenvalue weighted by Gasteiger charge is -2.20. The van der Waals surface area contributed by atoms with Crippen LogP contribution < -0.4 is 5.32 Å². The van der Waals surface area contributed by atoms with Gasteiger partial charge in [-0.15, -0.1) is 0 Å². The maximum atomic E-state index is 13.8. The van der Waals surface area contributed by atoms with Gasteiger partial charge in [-0.2, -0.15) is 13.2 Å². The van der Waals surface area contributed by atoms with E-state index >= 15 is 0 Å². The number of benzene rings is 1. The molecule has 0 aliphatic carbocycles. The molecule has 0 spiro atoms. The van der Waals surface area contributed by atoms with Crippen LogP contribution in [0.25, 0.3) is 0 Å². The van der Waals surface area contributed by atoms with E-state index in [0.29, 0.717) is 6.07 Å². The molecule has 1 N–H and O–H groups in total. The zero-order valence-corrected chi connectivity index (χ0v) is 11.5. The topological polar surface area (TPSA) is 29.1 Å². The number of carbonyl (C=O) groups excluding carboxylic acids is 1. The van der Waals surface area contributed by atoms with Crippen molar-refractivity contribution in [1.82, 2.24) is 5.32 Å². The summed E-state index contributed by atoms with van der Waals surface area (Å²) in [7, 11) is 0. The summed E-state index contributed by atoms with van der Waals surface area (Å²) in [5.74, 6) is -2.22. The Morgan fingerprint density at radius 1 is 1.30 bits per heavy atom. The van der Waals surface area contributed by atoms with Crippen LogP contribution in [-0.2, 0) is 6.18 Å². The van der Waals surface area contributed by atoms with E-state index in [2.05, 4.69) is 5.32 Å². The van der Waals surface area contributed by atoms with E-state index in [1.807, 2.05) is 13.8 Å².